The molecule has 1 fully saturated rings. The molecule has 15 heavy (non-hydrogen) atoms. The van der Waals surface area contributed by atoms with E-state index >= 15 is 0 Å². The topological polar surface area (TPSA) is 26.3 Å². The van der Waals surface area contributed by atoms with Gasteiger partial charge in [0.2, 0.25) is 0 Å². The summed E-state index contributed by atoms with van der Waals surface area (Å²) >= 11 is 0. The summed E-state index contributed by atoms with van der Waals surface area (Å²) in [7, 11) is 0. The van der Waals surface area contributed by atoms with Crippen LogP contribution in [0, 0.1) is 11.3 Å². The first-order valence-corrected chi connectivity index (χ1v) is 5.82. The number of esters is 1. The molecule has 0 spiro atoms. The lowest BCUT2D eigenvalue weighted by molar-refractivity contribution is -0.141. The summed E-state index contributed by atoms with van der Waals surface area (Å²) in [6.45, 7) is 10.7. The standard InChI is InChI=1S/C13H22O2/c1-5-10(2)12(14)15-9-11-7-6-8-13(11,3)4/h11H,2,5-9H2,1,3-4H3. The third-order valence-corrected chi connectivity index (χ3v) is 3.61. The van der Waals surface area contributed by atoms with Crippen LogP contribution in [-0.2, 0) is 9.53 Å². The van der Waals surface area contributed by atoms with Gasteiger partial charge in [0, 0.05) is 5.57 Å². The van der Waals surface area contributed by atoms with E-state index < -0.39 is 0 Å². The molecule has 0 heterocycles. The normalized spacial score (nSPS) is 23.8. The number of carbonyl (C=O) groups is 1. The van der Waals surface area contributed by atoms with Crippen LogP contribution in [0.25, 0.3) is 0 Å². The highest BCUT2D eigenvalue weighted by molar-refractivity contribution is 5.87. The Labute approximate surface area is 92.7 Å². The van der Waals surface area contributed by atoms with Crippen molar-refractivity contribution in [3.8, 4) is 0 Å². The summed E-state index contributed by atoms with van der Waals surface area (Å²) < 4.78 is 5.28. The van der Waals surface area contributed by atoms with Gasteiger partial charge in [-0.15, -0.1) is 0 Å². The SMILES string of the molecule is C=C(CC)C(=O)OCC1CCCC1(C)C. The van der Waals surface area contributed by atoms with E-state index in [1.165, 1.54) is 19.3 Å². The van der Waals surface area contributed by atoms with Crippen LogP contribution in [0.5, 0.6) is 0 Å². The lowest BCUT2D eigenvalue weighted by Gasteiger charge is -2.26. The first-order valence-electron chi connectivity index (χ1n) is 5.82. The van der Waals surface area contributed by atoms with E-state index in [0.717, 1.165) is 0 Å². The molecule has 86 valence electrons. The van der Waals surface area contributed by atoms with Crippen molar-refractivity contribution in [1.82, 2.24) is 0 Å². The summed E-state index contributed by atoms with van der Waals surface area (Å²) in [5.74, 6) is 0.298. The molecule has 2 nitrogen and oxygen atoms in total. The molecular formula is C13H22O2. The van der Waals surface area contributed by atoms with Crippen molar-refractivity contribution in [2.24, 2.45) is 11.3 Å². The fraction of sp³-hybridized carbons (Fsp3) is 0.769. The molecule has 1 atom stereocenters. The Balaban J connectivity index is 2.37. The molecule has 1 aliphatic carbocycles. The summed E-state index contributed by atoms with van der Waals surface area (Å²) in [6, 6.07) is 0. The van der Waals surface area contributed by atoms with Crippen LogP contribution < -0.4 is 0 Å². The van der Waals surface area contributed by atoms with Crippen LogP contribution in [0.15, 0.2) is 12.2 Å². The van der Waals surface area contributed by atoms with Gasteiger partial charge in [-0.25, -0.2) is 4.79 Å². The van der Waals surface area contributed by atoms with Crippen molar-refractivity contribution in [3.63, 3.8) is 0 Å². The molecule has 0 amide bonds. The van der Waals surface area contributed by atoms with E-state index in [2.05, 4.69) is 20.4 Å². The van der Waals surface area contributed by atoms with E-state index in [4.69, 9.17) is 4.74 Å². The molecule has 1 unspecified atom stereocenters. The molecule has 0 N–H and O–H groups in total. The van der Waals surface area contributed by atoms with Gasteiger partial charge in [-0.2, -0.15) is 0 Å². The number of carbonyl (C=O) groups excluding carboxylic acids is 1. The minimum atomic E-state index is -0.222. The van der Waals surface area contributed by atoms with E-state index in [1.54, 1.807) is 0 Å². The Morgan fingerprint density at radius 2 is 2.20 bits per heavy atom. The molecule has 0 aromatic carbocycles. The lowest BCUT2D eigenvalue weighted by Crippen LogP contribution is -2.24. The summed E-state index contributed by atoms with van der Waals surface area (Å²) in [4.78, 5) is 11.4. The molecule has 1 rings (SSSR count). The Morgan fingerprint density at radius 3 is 2.67 bits per heavy atom. The van der Waals surface area contributed by atoms with Gasteiger partial charge in [-0.05, 0) is 30.6 Å². The van der Waals surface area contributed by atoms with Crippen molar-refractivity contribution in [2.75, 3.05) is 6.61 Å². The largest absolute Gasteiger partial charge is 0.462 e. The predicted octanol–water partition coefficient (Wildman–Crippen LogP) is 3.32. The zero-order valence-electron chi connectivity index (χ0n) is 10.1. The predicted molar refractivity (Wildman–Crippen MR) is 61.5 cm³/mol. The second-order valence-electron chi connectivity index (χ2n) is 5.13. The third kappa shape index (κ3) is 3.08. The molecule has 1 saturated carbocycles. The maximum Gasteiger partial charge on any atom is 0.333 e. The molecule has 1 aliphatic rings. The average molecular weight is 210 g/mol. The van der Waals surface area contributed by atoms with Crippen molar-refractivity contribution < 1.29 is 9.53 Å². The van der Waals surface area contributed by atoms with Crippen molar-refractivity contribution >= 4 is 5.97 Å². The number of hydrogen-bond donors (Lipinski definition) is 0. The second kappa shape index (κ2) is 4.82. The highest BCUT2D eigenvalue weighted by atomic mass is 16.5. The van der Waals surface area contributed by atoms with Gasteiger partial charge in [0.05, 0.1) is 6.61 Å². The molecular weight excluding hydrogens is 188 g/mol. The molecule has 0 radical (unpaired) electrons. The first kappa shape index (κ1) is 12.3. The van der Waals surface area contributed by atoms with Crippen LogP contribution in [0.2, 0.25) is 0 Å². The highest BCUT2D eigenvalue weighted by Crippen LogP contribution is 2.42. The molecule has 0 aliphatic heterocycles. The smallest absolute Gasteiger partial charge is 0.333 e. The van der Waals surface area contributed by atoms with Gasteiger partial charge < -0.3 is 4.74 Å². The maximum absolute atomic E-state index is 11.4. The number of hydrogen-bond acceptors (Lipinski definition) is 2. The summed E-state index contributed by atoms with van der Waals surface area (Å²) in [6.07, 6.45) is 4.35. The Morgan fingerprint density at radius 1 is 1.53 bits per heavy atom. The van der Waals surface area contributed by atoms with Gasteiger partial charge in [-0.1, -0.05) is 33.8 Å². The third-order valence-electron chi connectivity index (χ3n) is 3.61. The summed E-state index contributed by atoms with van der Waals surface area (Å²) in [5.41, 5.74) is 0.902. The van der Waals surface area contributed by atoms with Gasteiger partial charge >= 0.3 is 5.97 Å². The van der Waals surface area contributed by atoms with Crippen LogP contribution in [0.1, 0.15) is 46.5 Å². The zero-order valence-corrected chi connectivity index (χ0v) is 10.1. The van der Waals surface area contributed by atoms with Gasteiger partial charge in [0.15, 0.2) is 0 Å². The second-order valence-corrected chi connectivity index (χ2v) is 5.13. The quantitative estimate of drug-likeness (QED) is 0.525. The Kier molecular flexibility index (Phi) is 3.95. The van der Waals surface area contributed by atoms with Crippen LogP contribution in [0.3, 0.4) is 0 Å². The maximum atomic E-state index is 11.4. The zero-order chi connectivity index (χ0) is 11.5. The summed E-state index contributed by atoms with van der Waals surface area (Å²) in [5, 5.41) is 0. The number of ether oxygens (including phenoxy) is 1. The van der Waals surface area contributed by atoms with E-state index in [0.29, 0.717) is 29.9 Å². The van der Waals surface area contributed by atoms with Crippen LogP contribution in [-0.4, -0.2) is 12.6 Å². The average Bonchev–Trinajstić information content (AvgIpc) is 2.53. The highest BCUT2D eigenvalue weighted by Gasteiger charge is 2.35. The van der Waals surface area contributed by atoms with Crippen LogP contribution >= 0.6 is 0 Å². The van der Waals surface area contributed by atoms with Crippen LogP contribution in [0.4, 0.5) is 0 Å². The van der Waals surface area contributed by atoms with E-state index in [9.17, 15) is 4.79 Å². The molecule has 0 bridgehead atoms. The van der Waals surface area contributed by atoms with Crippen molar-refractivity contribution in [1.29, 1.82) is 0 Å². The van der Waals surface area contributed by atoms with Crippen molar-refractivity contribution in [3.05, 3.63) is 12.2 Å². The first-order chi connectivity index (χ1) is 6.97. The Bertz CT molecular complexity index is 253. The molecule has 2 heteroatoms. The van der Waals surface area contributed by atoms with E-state index in [1.807, 2.05) is 6.92 Å². The lowest BCUT2D eigenvalue weighted by atomic mass is 9.82. The van der Waals surface area contributed by atoms with Gasteiger partial charge in [0.1, 0.15) is 0 Å². The minimum Gasteiger partial charge on any atom is -0.462 e. The number of rotatable bonds is 4. The fourth-order valence-electron chi connectivity index (χ4n) is 2.13. The van der Waals surface area contributed by atoms with Gasteiger partial charge in [0.25, 0.3) is 0 Å². The van der Waals surface area contributed by atoms with E-state index in [-0.39, 0.29) is 5.97 Å². The molecule has 0 saturated heterocycles. The fourth-order valence-corrected chi connectivity index (χ4v) is 2.13. The van der Waals surface area contributed by atoms with Crippen molar-refractivity contribution in [2.45, 2.75) is 46.5 Å². The Hall–Kier alpha value is -0.790. The molecule has 0 aromatic rings. The monoisotopic (exact) mass is 210 g/mol. The molecule has 0 aromatic heterocycles. The van der Waals surface area contributed by atoms with Gasteiger partial charge in [-0.3, -0.25) is 0 Å². The minimum absolute atomic E-state index is 0.222.